The molecule has 0 bridgehead atoms. The number of fused-ring (bicyclic) bond motifs is 1. The maximum Gasteiger partial charge on any atom is 0.231 e. The van der Waals surface area contributed by atoms with Crippen molar-refractivity contribution in [3.8, 4) is 23.0 Å². The van der Waals surface area contributed by atoms with E-state index in [1.54, 1.807) is 24.5 Å². The van der Waals surface area contributed by atoms with Crippen LogP contribution in [0.25, 0.3) is 6.08 Å². The van der Waals surface area contributed by atoms with E-state index in [1.807, 2.05) is 54.6 Å². The van der Waals surface area contributed by atoms with Crippen LogP contribution in [-0.4, -0.2) is 19.7 Å². The van der Waals surface area contributed by atoms with Crippen LogP contribution in [0, 0.1) is 0 Å². The number of hydrogen-bond acceptors (Lipinski definition) is 6. The first-order chi connectivity index (χ1) is 15.2. The molecule has 2 heterocycles. The van der Waals surface area contributed by atoms with Gasteiger partial charge < -0.3 is 18.9 Å². The zero-order valence-corrected chi connectivity index (χ0v) is 18.4. The zero-order valence-electron chi connectivity index (χ0n) is 17.6. The zero-order chi connectivity index (χ0) is 21.6. The second kappa shape index (κ2) is 9.71. The molecule has 4 rings (SSSR count). The van der Waals surface area contributed by atoms with Gasteiger partial charge in [-0.25, -0.2) is 0 Å². The summed E-state index contributed by atoms with van der Waals surface area (Å²) in [6.07, 6.45) is 5.52. The van der Waals surface area contributed by atoms with Crippen LogP contribution in [0.15, 0.2) is 54.6 Å². The lowest BCUT2D eigenvalue weighted by atomic mass is 10.1. The molecule has 31 heavy (non-hydrogen) atoms. The van der Waals surface area contributed by atoms with Gasteiger partial charge in [0, 0.05) is 16.5 Å². The van der Waals surface area contributed by atoms with Crippen molar-refractivity contribution in [1.82, 2.24) is 0 Å². The van der Waals surface area contributed by atoms with Gasteiger partial charge in [-0.3, -0.25) is 4.79 Å². The van der Waals surface area contributed by atoms with Crippen molar-refractivity contribution in [2.24, 2.45) is 0 Å². The van der Waals surface area contributed by atoms with Gasteiger partial charge in [0.2, 0.25) is 6.79 Å². The fourth-order valence-corrected chi connectivity index (χ4v) is 4.32. The molecule has 0 amide bonds. The molecule has 3 aromatic rings. The van der Waals surface area contributed by atoms with E-state index in [4.69, 9.17) is 18.9 Å². The molecule has 0 saturated heterocycles. The third-order valence-electron chi connectivity index (χ3n) is 4.87. The Hall–Kier alpha value is -3.25. The Kier molecular flexibility index (Phi) is 6.57. The lowest BCUT2D eigenvalue weighted by Gasteiger charge is -2.11. The third-order valence-corrected chi connectivity index (χ3v) is 6.03. The van der Waals surface area contributed by atoms with Crippen molar-refractivity contribution in [3.63, 3.8) is 0 Å². The maximum absolute atomic E-state index is 12.5. The first-order valence-electron chi connectivity index (χ1n) is 10.2. The number of hydrogen-bond donors (Lipinski definition) is 0. The monoisotopic (exact) mass is 436 g/mol. The number of carbonyl (C=O) groups is 1. The van der Waals surface area contributed by atoms with Crippen molar-refractivity contribution in [3.05, 3.63) is 75.5 Å². The summed E-state index contributed by atoms with van der Waals surface area (Å²) in [5.74, 6) is 2.82. The molecule has 1 aliphatic heterocycles. The van der Waals surface area contributed by atoms with Crippen molar-refractivity contribution >= 4 is 23.2 Å². The number of benzene rings is 2. The Morgan fingerprint density at radius 3 is 2.81 bits per heavy atom. The minimum absolute atomic E-state index is 0.0151. The molecule has 160 valence electrons. The van der Waals surface area contributed by atoms with Crippen LogP contribution in [-0.2, 0) is 13.0 Å². The van der Waals surface area contributed by atoms with E-state index >= 15 is 0 Å². The average Bonchev–Trinajstić information content (AvgIpc) is 3.45. The summed E-state index contributed by atoms with van der Waals surface area (Å²) in [5.41, 5.74) is 1.79. The summed E-state index contributed by atoms with van der Waals surface area (Å²) >= 11 is 1.56. The van der Waals surface area contributed by atoms with Crippen LogP contribution in [0.2, 0.25) is 0 Å². The number of aryl methyl sites for hydroxylation is 1. The Morgan fingerprint density at radius 1 is 1.10 bits per heavy atom. The van der Waals surface area contributed by atoms with Crippen LogP contribution in [0.5, 0.6) is 23.0 Å². The van der Waals surface area contributed by atoms with E-state index in [-0.39, 0.29) is 12.6 Å². The summed E-state index contributed by atoms with van der Waals surface area (Å²) in [7, 11) is 1.63. The molecule has 1 aliphatic rings. The Bertz CT molecular complexity index is 1100. The summed E-state index contributed by atoms with van der Waals surface area (Å²) in [6.45, 7) is 2.69. The first kappa shape index (κ1) is 21.0. The van der Waals surface area contributed by atoms with Gasteiger partial charge in [-0.1, -0.05) is 25.5 Å². The lowest BCUT2D eigenvalue weighted by molar-refractivity contribution is 0.105. The quantitative estimate of drug-likeness (QED) is 0.308. The minimum Gasteiger partial charge on any atom is -0.496 e. The number of rotatable bonds is 9. The Morgan fingerprint density at radius 2 is 1.97 bits per heavy atom. The molecule has 0 fully saturated rings. The Labute approximate surface area is 185 Å². The highest BCUT2D eigenvalue weighted by Gasteiger charge is 2.14. The molecule has 0 spiro atoms. The van der Waals surface area contributed by atoms with Crippen molar-refractivity contribution in [2.45, 2.75) is 26.4 Å². The predicted octanol–water partition coefficient (Wildman–Crippen LogP) is 5.91. The van der Waals surface area contributed by atoms with E-state index in [9.17, 15) is 4.79 Å². The van der Waals surface area contributed by atoms with Gasteiger partial charge in [-0.05, 0) is 54.5 Å². The second-order valence-electron chi connectivity index (χ2n) is 7.09. The summed E-state index contributed by atoms with van der Waals surface area (Å²) < 4.78 is 22.1. The number of thiophene rings is 1. The van der Waals surface area contributed by atoms with Crippen LogP contribution >= 0.6 is 11.3 Å². The van der Waals surface area contributed by atoms with Gasteiger partial charge in [-0.15, -0.1) is 11.3 Å². The molecular formula is C25H24O5S. The summed E-state index contributed by atoms with van der Waals surface area (Å²) in [4.78, 5) is 14.5. The van der Waals surface area contributed by atoms with Crippen LogP contribution < -0.4 is 18.9 Å². The Balaban J connectivity index is 1.45. The summed E-state index contributed by atoms with van der Waals surface area (Å²) in [6, 6.07) is 15.2. The van der Waals surface area contributed by atoms with Crippen molar-refractivity contribution < 1.29 is 23.7 Å². The largest absolute Gasteiger partial charge is 0.496 e. The smallest absolute Gasteiger partial charge is 0.231 e. The van der Waals surface area contributed by atoms with Crippen molar-refractivity contribution in [1.29, 1.82) is 0 Å². The van der Waals surface area contributed by atoms with Gasteiger partial charge in [0.25, 0.3) is 0 Å². The molecule has 0 unspecified atom stereocenters. The van der Waals surface area contributed by atoms with Crippen LogP contribution in [0.3, 0.4) is 0 Å². The molecule has 2 aromatic carbocycles. The van der Waals surface area contributed by atoms with E-state index in [1.165, 1.54) is 4.88 Å². The molecule has 0 saturated carbocycles. The molecule has 0 radical (unpaired) electrons. The molecular weight excluding hydrogens is 412 g/mol. The number of allylic oxidation sites excluding steroid dienone is 1. The SMILES string of the molecule is CCCc1ccc(C(=O)/C=C/c2ccc(OC)c(COc3ccc4c(c3)OCO4)c2)s1. The van der Waals surface area contributed by atoms with Gasteiger partial charge in [0.05, 0.1) is 12.0 Å². The number of ketones is 1. The molecule has 5 nitrogen and oxygen atoms in total. The average molecular weight is 437 g/mol. The van der Waals surface area contributed by atoms with Gasteiger partial charge in [0.1, 0.15) is 18.1 Å². The standard InChI is InChI=1S/C25H24O5S/c1-3-4-20-8-12-25(31-20)21(26)9-5-17-6-10-22(27-2)18(13-17)15-28-19-7-11-23-24(14-19)30-16-29-23/h5-14H,3-4,15-16H2,1-2H3/b9-5+. The van der Waals surface area contributed by atoms with E-state index in [0.717, 1.165) is 34.6 Å². The topological polar surface area (TPSA) is 54.0 Å². The molecule has 1 aromatic heterocycles. The first-order valence-corrected chi connectivity index (χ1v) is 11.0. The molecule has 0 aliphatic carbocycles. The van der Waals surface area contributed by atoms with E-state index in [0.29, 0.717) is 23.9 Å². The second-order valence-corrected chi connectivity index (χ2v) is 8.26. The number of ether oxygens (including phenoxy) is 4. The fourth-order valence-electron chi connectivity index (χ4n) is 3.29. The predicted molar refractivity (Wildman–Crippen MR) is 122 cm³/mol. The van der Waals surface area contributed by atoms with E-state index in [2.05, 4.69) is 6.92 Å². The molecule has 6 heteroatoms. The van der Waals surface area contributed by atoms with Gasteiger partial charge >= 0.3 is 0 Å². The normalized spacial score (nSPS) is 12.3. The minimum atomic E-state index is 0.0151. The number of carbonyl (C=O) groups excluding carboxylic acids is 1. The lowest BCUT2D eigenvalue weighted by Crippen LogP contribution is -1.99. The highest BCUT2D eigenvalue weighted by Crippen LogP contribution is 2.35. The summed E-state index contributed by atoms with van der Waals surface area (Å²) in [5, 5.41) is 0. The highest BCUT2D eigenvalue weighted by molar-refractivity contribution is 7.14. The highest BCUT2D eigenvalue weighted by atomic mass is 32.1. The van der Waals surface area contributed by atoms with Gasteiger partial charge in [0.15, 0.2) is 17.3 Å². The fraction of sp³-hybridized carbons (Fsp3) is 0.240. The maximum atomic E-state index is 12.5. The third kappa shape index (κ3) is 5.09. The van der Waals surface area contributed by atoms with Crippen LogP contribution in [0.1, 0.15) is 39.0 Å². The van der Waals surface area contributed by atoms with Crippen molar-refractivity contribution in [2.75, 3.05) is 13.9 Å². The van der Waals surface area contributed by atoms with Crippen LogP contribution in [0.4, 0.5) is 0 Å². The van der Waals surface area contributed by atoms with E-state index < -0.39 is 0 Å². The van der Waals surface area contributed by atoms with Gasteiger partial charge in [-0.2, -0.15) is 0 Å². The number of methoxy groups -OCH3 is 1. The molecule has 0 atom stereocenters. The molecule has 0 N–H and O–H groups in total.